The van der Waals surface area contributed by atoms with Gasteiger partial charge in [0, 0.05) is 11.5 Å². The number of rotatable bonds is 2. The number of nitrogens with one attached hydrogen (secondary N) is 1. The molecular weight excluding hydrogens is 178 g/mol. The summed E-state index contributed by atoms with van der Waals surface area (Å²) in [7, 11) is 0. The lowest BCUT2D eigenvalue weighted by atomic mass is 10.2. The number of hydrogen-bond donors (Lipinski definition) is 1. The van der Waals surface area contributed by atoms with Crippen LogP contribution < -0.4 is 5.32 Å². The maximum atomic E-state index is 11.4. The molecule has 0 aromatic carbocycles. The van der Waals surface area contributed by atoms with Crippen LogP contribution in [0.25, 0.3) is 0 Å². The second-order valence-corrected chi connectivity index (χ2v) is 5.09. The summed E-state index contributed by atoms with van der Waals surface area (Å²) in [5.74, 6) is 0.384. The van der Waals surface area contributed by atoms with Gasteiger partial charge in [0.25, 0.3) is 0 Å². The van der Waals surface area contributed by atoms with Gasteiger partial charge in [0.15, 0.2) is 0 Å². The molecule has 0 saturated heterocycles. The minimum atomic E-state index is -0.432. The fraction of sp³-hybridized carbons (Fsp3) is 0.727. The van der Waals surface area contributed by atoms with E-state index in [2.05, 4.69) is 11.9 Å². The van der Waals surface area contributed by atoms with Crippen molar-refractivity contribution in [3.05, 3.63) is 12.7 Å². The minimum Gasteiger partial charge on any atom is -0.444 e. The van der Waals surface area contributed by atoms with E-state index >= 15 is 0 Å². The normalized spacial score (nSPS) is 30.7. The van der Waals surface area contributed by atoms with Crippen LogP contribution in [0.3, 0.4) is 0 Å². The van der Waals surface area contributed by atoms with Gasteiger partial charge in [-0.25, -0.2) is 4.79 Å². The van der Waals surface area contributed by atoms with Crippen LogP contribution in [-0.4, -0.2) is 17.2 Å². The smallest absolute Gasteiger partial charge is 0.408 e. The van der Waals surface area contributed by atoms with Gasteiger partial charge in [-0.1, -0.05) is 6.08 Å². The molecule has 1 amide bonds. The summed E-state index contributed by atoms with van der Waals surface area (Å²) >= 11 is 0. The molecule has 2 atom stereocenters. The molecule has 0 aliphatic heterocycles. The largest absolute Gasteiger partial charge is 0.444 e. The van der Waals surface area contributed by atoms with Gasteiger partial charge < -0.3 is 10.1 Å². The van der Waals surface area contributed by atoms with Gasteiger partial charge in [0.1, 0.15) is 5.60 Å². The van der Waals surface area contributed by atoms with E-state index in [1.807, 2.05) is 33.8 Å². The molecule has 1 aliphatic rings. The first-order valence-corrected chi connectivity index (χ1v) is 4.90. The number of amides is 1. The third-order valence-corrected chi connectivity index (χ3v) is 2.37. The lowest BCUT2D eigenvalue weighted by Crippen LogP contribution is -2.40. The maximum absolute atomic E-state index is 11.4. The highest BCUT2D eigenvalue weighted by Gasteiger charge is 2.49. The van der Waals surface area contributed by atoms with Crippen LogP contribution in [0.1, 0.15) is 34.1 Å². The van der Waals surface area contributed by atoms with E-state index in [0.717, 1.165) is 6.42 Å². The van der Waals surface area contributed by atoms with E-state index in [-0.39, 0.29) is 11.6 Å². The van der Waals surface area contributed by atoms with Crippen LogP contribution in [0, 0.1) is 5.92 Å². The van der Waals surface area contributed by atoms with E-state index in [9.17, 15) is 4.79 Å². The highest BCUT2D eigenvalue weighted by molar-refractivity contribution is 5.69. The van der Waals surface area contributed by atoms with Gasteiger partial charge in [-0.15, -0.1) is 6.58 Å². The highest BCUT2D eigenvalue weighted by atomic mass is 16.6. The zero-order chi connectivity index (χ0) is 11.0. The summed E-state index contributed by atoms with van der Waals surface area (Å²) in [4.78, 5) is 11.4. The third-order valence-electron chi connectivity index (χ3n) is 2.37. The molecule has 0 bridgehead atoms. The predicted molar refractivity (Wildman–Crippen MR) is 56.1 cm³/mol. The summed E-state index contributed by atoms with van der Waals surface area (Å²) in [5.41, 5.74) is -0.566. The zero-order valence-corrected chi connectivity index (χ0v) is 9.39. The molecule has 0 heterocycles. The SMILES string of the molecule is C=C[C@H]1C[C@]1(C)NC(=O)OC(C)(C)C. The molecule has 1 fully saturated rings. The number of alkyl carbamates (subject to hydrolysis) is 1. The lowest BCUT2D eigenvalue weighted by Gasteiger charge is -2.22. The predicted octanol–water partition coefficient (Wildman–Crippen LogP) is 2.48. The molecule has 0 aromatic heterocycles. The number of carbonyl (C=O) groups is 1. The van der Waals surface area contributed by atoms with Gasteiger partial charge in [-0.3, -0.25) is 0 Å². The standard InChI is InChI=1S/C11H19NO2/c1-6-8-7-11(8,5)12-9(13)14-10(2,3)4/h6,8H,1,7H2,2-5H3,(H,12,13)/t8-,11-/m0/s1. The Bertz CT molecular complexity index is 255. The summed E-state index contributed by atoms with van der Waals surface area (Å²) in [6, 6.07) is 0. The monoisotopic (exact) mass is 197 g/mol. The molecule has 0 spiro atoms. The molecule has 0 unspecified atom stereocenters. The van der Waals surface area contributed by atoms with Crippen molar-refractivity contribution in [1.29, 1.82) is 0 Å². The average molecular weight is 197 g/mol. The average Bonchev–Trinajstić information content (AvgIpc) is 2.56. The van der Waals surface area contributed by atoms with Crippen LogP contribution in [0.15, 0.2) is 12.7 Å². The van der Waals surface area contributed by atoms with E-state index in [1.165, 1.54) is 0 Å². The first-order chi connectivity index (χ1) is 6.27. The topological polar surface area (TPSA) is 38.3 Å². The van der Waals surface area contributed by atoms with E-state index in [0.29, 0.717) is 5.92 Å². The van der Waals surface area contributed by atoms with Gasteiger partial charge >= 0.3 is 6.09 Å². The zero-order valence-electron chi connectivity index (χ0n) is 9.39. The molecular formula is C11H19NO2. The molecule has 1 aliphatic carbocycles. The molecule has 1 N–H and O–H groups in total. The van der Waals surface area contributed by atoms with Gasteiger partial charge in [-0.2, -0.15) is 0 Å². The Balaban J connectivity index is 2.39. The molecule has 14 heavy (non-hydrogen) atoms. The molecule has 80 valence electrons. The molecule has 0 radical (unpaired) electrons. The summed E-state index contributed by atoms with van der Waals surface area (Å²) < 4.78 is 5.16. The molecule has 0 aromatic rings. The minimum absolute atomic E-state index is 0.135. The quantitative estimate of drug-likeness (QED) is 0.691. The van der Waals surface area contributed by atoms with Crippen molar-refractivity contribution >= 4 is 6.09 Å². The third kappa shape index (κ3) is 2.76. The van der Waals surface area contributed by atoms with Crippen LogP contribution in [-0.2, 0) is 4.74 Å². The Labute approximate surface area is 85.5 Å². The van der Waals surface area contributed by atoms with Crippen molar-refractivity contribution in [2.45, 2.75) is 45.3 Å². The Kier molecular flexibility index (Phi) is 2.61. The lowest BCUT2D eigenvalue weighted by molar-refractivity contribution is 0.0499. The second kappa shape index (κ2) is 3.30. The Morgan fingerprint density at radius 2 is 2.21 bits per heavy atom. The van der Waals surface area contributed by atoms with E-state index in [1.54, 1.807) is 0 Å². The molecule has 3 heteroatoms. The number of carbonyl (C=O) groups excluding carboxylic acids is 1. The van der Waals surface area contributed by atoms with Gasteiger partial charge in [0.05, 0.1) is 0 Å². The van der Waals surface area contributed by atoms with Gasteiger partial charge in [-0.05, 0) is 34.1 Å². The molecule has 1 rings (SSSR count). The molecule has 1 saturated carbocycles. The summed E-state index contributed by atoms with van der Waals surface area (Å²) in [6.07, 6.45) is 2.48. The van der Waals surface area contributed by atoms with Crippen LogP contribution >= 0.6 is 0 Å². The highest BCUT2D eigenvalue weighted by Crippen LogP contribution is 2.43. The van der Waals surface area contributed by atoms with Crippen molar-refractivity contribution < 1.29 is 9.53 Å². The Hall–Kier alpha value is -0.990. The fourth-order valence-electron chi connectivity index (χ4n) is 1.42. The molecule has 3 nitrogen and oxygen atoms in total. The van der Waals surface area contributed by atoms with Crippen molar-refractivity contribution in [3.8, 4) is 0 Å². The number of ether oxygens (including phenoxy) is 1. The second-order valence-electron chi connectivity index (χ2n) is 5.09. The Morgan fingerprint density at radius 1 is 1.64 bits per heavy atom. The van der Waals surface area contributed by atoms with Crippen LogP contribution in [0.4, 0.5) is 4.79 Å². The van der Waals surface area contributed by atoms with E-state index in [4.69, 9.17) is 4.74 Å². The van der Waals surface area contributed by atoms with Crippen LogP contribution in [0.5, 0.6) is 0 Å². The van der Waals surface area contributed by atoms with Crippen molar-refractivity contribution in [2.24, 2.45) is 5.92 Å². The number of hydrogen-bond acceptors (Lipinski definition) is 2. The first-order valence-electron chi connectivity index (χ1n) is 4.90. The summed E-state index contributed by atoms with van der Waals surface area (Å²) in [6.45, 7) is 11.3. The van der Waals surface area contributed by atoms with Crippen molar-refractivity contribution in [2.75, 3.05) is 0 Å². The summed E-state index contributed by atoms with van der Waals surface area (Å²) in [5, 5.41) is 2.86. The first kappa shape index (κ1) is 11.1. The fourth-order valence-corrected chi connectivity index (χ4v) is 1.42. The van der Waals surface area contributed by atoms with Crippen molar-refractivity contribution in [1.82, 2.24) is 5.32 Å². The van der Waals surface area contributed by atoms with Crippen molar-refractivity contribution in [3.63, 3.8) is 0 Å². The maximum Gasteiger partial charge on any atom is 0.408 e. The Morgan fingerprint density at radius 3 is 2.57 bits per heavy atom. The van der Waals surface area contributed by atoms with E-state index < -0.39 is 5.60 Å². The van der Waals surface area contributed by atoms with Gasteiger partial charge in [0.2, 0.25) is 0 Å². The van der Waals surface area contributed by atoms with Crippen LogP contribution in [0.2, 0.25) is 0 Å².